The molecule has 0 aliphatic rings. The van der Waals surface area contributed by atoms with Crippen molar-refractivity contribution in [1.29, 1.82) is 0 Å². The second kappa shape index (κ2) is 9.78. The first kappa shape index (κ1) is 15.6. The summed E-state index contributed by atoms with van der Waals surface area (Å²) in [6.45, 7) is 2.54. The predicted molar refractivity (Wildman–Crippen MR) is 68.0 cm³/mol. The molecule has 96 valence electrons. The topological polar surface area (TPSA) is 69.1 Å². The minimum absolute atomic E-state index is 0.0414. The molecule has 0 fully saturated rings. The number of benzene rings is 1. The van der Waals surface area contributed by atoms with E-state index in [1.54, 1.807) is 13.0 Å². The van der Waals surface area contributed by atoms with E-state index in [-0.39, 0.29) is 12.2 Å². The summed E-state index contributed by atoms with van der Waals surface area (Å²) >= 11 is 0. The summed E-state index contributed by atoms with van der Waals surface area (Å²) in [6, 6.07) is 5.58. The van der Waals surface area contributed by atoms with Crippen LogP contribution < -0.4 is 11.5 Å². The number of amides is 1. The van der Waals surface area contributed by atoms with Crippen molar-refractivity contribution in [2.45, 2.75) is 32.6 Å². The monoisotopic (exact) mass is 240 g/mol. The zero-order valence-corrected chi connectivity index (χ0v) is 10.3. The quantitative estimate of drug-likeness (QED) is 0.609. The van der Waals surface area contributed by atoms with E-state index in [0.29, 0.717) is 0 Å². The van der Waals surface area contributed by atoms with Crippen molar-refractivity contribution in [1.82, 2.24) is 0 Å². The average Bonchev–Trinajstić information content (AvgIpc) is 2.31. The smallest absolute Gasteiger partial charge is 0.204 e. The molecule has 0 heterocycles. The lowest BCUT2D eigenvalue weighted by atomic mass is 10.0. The Labute approximate surface area is 102 Å². The van der Waals surface area contributed by atoms with Crippen molar-refractivity contribution >= 4 is 6.41 Å². The van der Waals surface area contributed by atoms with Gasteiger partial charge in [-0.2, -0.15) is 0 Å². The Kier molecular flexibility index (Phi) is 8.96. The molecule has 1 aromatic carbocycles. The predicted octanol–water partition coefficient (Wildman–Crippen LogP) is 1.91. The molecule has 0 saturated carbocycles. The van der Waals surface area contributed by atoms with Crippen LogP contribution in [0.2, 0.25) is 0 Å². The van der Waals surface area contributed by atoms with Gasteiger partial charge in [-0.1, -0.05) is 24.6 Å². The van der Waals surface area contributed by atoms with Gasteiger partial charge in [0.15, 0.2) is 0 Å². The highest BCUT2D eigenvalue weighted by Crippen LogP contribution is 2.14. The maximum atomic E-state index is 13.5. The van der Waals surface area contributed by atoms with Gasteiger partial charge in [-0.05, 0) is 43.9 Å². The van der Waals surface area contributed by atoms with E-state index < -0.39 is 0 Å². The highest BCUT2D eigenvalue weighted by molar-refractivity contribution is 5.42. The number of unbranched alkanes of at least 4 members (excludes halogenated alkanes) is 2. The lowest BCUT2D eigenvalue weighted by Gasteiger charge is -2.04. The van der Waals surface area contributed by atoms with Crippen molar-refractivity contribution in [3.05, 3.63) is 35.1 Å². The van der Waals surface area contributed by atoms with E-state index in [2.05, 4.69) is 5.73 Å². The van der Waals surface area contributed by atoms with Crippen LogP contribution in [-0.2, 0) is 11.2 Å². The maximum absolute atomic E-state index is 13.5. The second-order valence-corrected chi connectivity index (χ2v) is 3.78. The van der Waals surface area contributed by atoms with Crippen molar-refractivity contribution in [3.8, 4) is 0 Å². The third-order valence-electron chi connectivity index (χ3n) is 2.42. The van der Waals surface area contributed by atoms with E-state index in [0.717, 1.165) is 43.4 Å². The molecule has 1 aromatic rings. The molecule has 0 aliphatic carbocycles. The van der Waals surface area contributed by atoms with Gasteiger partial charge in [-0.3, -0.25) is 4.79 Å². The van der Waals surface area contributed by atoms with E-state index in [4.69, 9.17) is 10.5 Å². The zero-order chi connectivity index (χ0) is 13.1. The zero-order valence-electron chi connectivity index (χ0n) is 10.3. The molecular weight excluding hydrogens is 219 g/mol. The molecule has 3 nitrogen and oxygen atoms in total. The maximum Gasteiger partial charge on any atom is 0.204 e. The Morgan fingerprint density at radius 2 is 1.94 bits per heavy atom. The number of carbonyl (C=O) groups excluding carboxylic acids is 1. The van der Waals surface area contributed by atoms with Gasteiger partial charge in [-0.15, -0.1) is 0 Å². The number of hydrogen-bond donors (Lipinski definition) is 2. The molecule has 4 N–H and O–H groups in total. The summed E-state index contributed by atoms with van der Waals surface area (Å²) in [5.74, 6) is -0.0414. The molecule has 4 heteroatoms. The Balaban J connectivity index is 0.000000770. The van der Waals surface area contributed by atoms with Gasteiger partial charge in [0.1, 0.15) is 5.82 Å². The van der Waals surface area contributed by atoms with Crippen molar-refractivity contribution in [2.75, 3.05) is 6.54 Å². The van der Waals surface area contributed by atoms with E-state index >= 15 is 0 Å². The fraction of sp³-hybridized carbons (Fsp3) is 0.462. The standard InChI is InChI=1S/C12H18FN.CH3NO/c1-10-6-5-8-11(12(10)13)7-3-2-4-9-14;2-1-3/h5-6,8H,2-4,7,9,14H2,1H3;1H,(H2,2,3). The van der Waals surface area contributed by atoms with Crippen LogP contribution in [0.5, 0.6) is 0 Å². The number of aryl methyl sites for hydroxylation is 2. The third kappa shape index (κ3) is 6.68. The molecule has 0 radical (unpaired) electrons. The van der Waals surface area contributed by atoms with Crippen LogP contribution in [0.3, 0.4) is 0 Å². The van der Waals surface area contributed by atoms with Gasteiger partial charge in [0.25, 0.3) is 0 Å². The summed E-state index contributed by atoms with van der Waals surface area (Å²) in [5, 5.41) is 0. The van der Waals surface area contributed by atoms with Gasteiger partial charge in [0.05, 0.1) is 0 Å². The van der Waals surface area contributed by atoms with Crippen LogP contribution in [0.4, 0.5) is 4.39 Å². The number of primary amides is 1. The minimum atomic E-state index is -0.0414. The Morgan fingerprint density at radius 1 is 1.29 bits per heavy atom. The largest absolute Gasteiger partial charge is 0.372 e. The van der Waals surface area contributed by atoms with Gasteiger partial charge < -0.3 is 11.5 Å². The summed E-state index contributed by atoms with van der Waals surface area (Å²) in [4.78, 5) is 8.58. The van der Waals surface area contributed by atoms with Crippen molar-refractivity contribution < 1.29 is 9.18 Å². The molecule has 0 bridgehead atoms. The van der Waals surface area contributed by atoms with Gasteiger partial charge >= 0.3 is 0 Å². The molecular formula is C13H21FN2O. The Hall–Kier alpha value is -1.42. The second-order valence-electron chi connectivity index (χ2n) is 3.78. The first-order chi connectivity index (χ1) is 8.17. The molecule has 0 atom stereocenters. The van der Waals surface area contributed by atoms with Gasteiger partial charge in [0, 0.05) is 0 Å². The summed E-state index contributed by atoms with van der Waals surface area (Å²) in [7, 11) is 0. The molecule has 1 amide bonds. The molecule has 1 rings (SSSR count). The first-order valence-corrected chi connectivity index (χ1v) is 5.76. The van der Waals surface area contributed by atoms with Crippen LogP contribution in [0.25, 0.3) is 0 Å². The van der Waals surface area contributed by atoms with Crippen LogP contribution >= 0.6 is 0 Å². The molecule has 0 unspecified atom stereocenters. The number of hydrogen-bond acceptors (Lipinski definition) is 2. The van der Waals surface area contributed by atoms with Crippen molar-refractivity contribution in [2.24, 2.45) is 11.5 Å². The summed E-state index contributed by atoms with van der Waals surface area (Å²) < 4.78 is 13.5. The molecule has 0 aliphatic heterocycles. The van der Waals surface area contributed by atoms with E-state index in [1.165, 1.54) is 0 Å². The normalized spacial score (nSPS) is 9.35. The third-order valence-corrected chi connectivity index (χ3v) is 2.42. The lowest BCUT2D eigenvalue weighted by Crippen LogP contribution is -1.99. The average molecular weight is 240 g/mol. The highest BCUT2D eigenvalue weighted by atomic mass is 19.1. The summed E-state index contributed by atoms with van der Waals surface area (Å²) in [6.07, 6.45) is 4.22. The molecule has 0 aromatic heterocycles. The Bertz CT molecular complexity index is 329. The number of nitrogens with two attached hydrogens (primary N) is 2. The summed E-state index contributed by atoms with van der Waals surface area (Å²) in [5.41, 5.74) is 11.1. The first-order valence-electron chi connectivity index (χ1n) is 5.76. The van der Waals surface area contributed by atoms with Crippen LogP contribution in [0.15, 0.2) is 18.2 Å². The number of carbonyl (C=O) groups is 1. The molecule has 0 spiro atoms. The SMILES string of the molecule is Cc1cccc(CCCCCN)c1F.NC=O. The van der Waals surface area contributed by atoms with E-state index in [9.17, 15) is 4.39 Å². The lowest BCUT2D eigenvalue weighted by molar-refractivity contribution is -0.106. The van der Waals surface area contributed by atoms with Gasteiger partial charge in [-0.25, -0.2) is 4.39 Å². The molecule has 17 heavy (non-hydrogen) atoms. The fourth-order valence-corrected chi connectivity index (χ4v) is 1.54. The number of halogens is 1. The van der Waals surface area contributed by atoms with Gasteiger partial charge in [0.2, 0.25) is 6.41 Å². The molecule has 0 saturated heterocycles. The van der Waals surface area contributed by atoms with Crippen LogP contribution in [0.1, 0.15) is 30.4 Å². The van der Waals surface area contributed by atoms with Crippen molar-refractivity contribution in [3.63, 3.8) is 0 Å². The Morgan fingerprint density at radius 3 is 2.53 bits per heavy atom. The van der Waals surface area contributed by atoms with Crippen LogP contribution in [0, 0.1) is 12.7 Å². The fourth-order valence-electron chi connectivity index (χ4n) is 1.54. The minimum Gasteiger partial charge on any atom is -0.372 e. The van der Waals surface area contributed by atoms with Crippen LogP contribution in [-0.4, -0.2) is 13.0 Å². The highest BCUT2D eigenvalue weighted by Gasteiger charge is 2.03. The van der Waals surface area contributed by atoms with E-state index in [1.807, 2.05) is 12.1 Å². The number of rotatable bonds is 5.